The molecule has 1 aliphatic rings. The van der Waals surface area contributed by atoms with Gasteiger partial charge in [-0.1, -0.05) is 6.08 Å². The van der Waals surface area contributed by atoms with Crippen molar-refractivity contribution in [2.45, 2.75) is 6.42 Å². The molecule has 0 saturated carbocycles. The fraction of sp³-hybridized carbons (Fsp3) is 0.667. The van der Waals surface area contributed by atoms with Crippen molar-refractivity contribution in [1.82, 2.24) is 4.90 Å². The van der Waals surface area contributed by atoms with Crippen molar-refractivity contribution >= 4 is 16.0 Å². The lowest BCUT2D eigenvalue weighted by atomic mass is 10.1. The van der Waals surface area contributed by atoms with Gasteiger partial charge in [-0.25, -0.2) is 0 Å². The number of carbonyl (C=O) groups is 1. The van der Waals surface area contributed by atoms with E-state index < -0.39 is 10.1 Å². The van der Waals surface area contributed by atoms with Crippen LogP contribution in [-0.2, 0) is 19.1 Å². The van der Waals surface area contributed by atoms with Crippen molar-refractivity contribution in [3.05, 3.63) is 12.7 Å². The summed E-state index contributed by atoms with van der Waals surface area (Å²) in [7, 11) is -3.41. The third-order valence-electron chi connectivity index (χ3n) is 2.16. The highest BCUT2D eigenvalue weighted by molar-refractivity contribution is 7.85. The molecule has 1 amide bonds. The van der Waals surface area contributed by atoms with Crippen LogP contribution in [0.1, 0.15) is 6.42 Å². The summed E-state index contributed by atoms with van der Waals surface area (Å²) in [5.74, 6) is -0.0100. The van der Waals surface area contributed by atoms with Gasteiger partial charge in [0.25, 0.3) is 10.1 Å². The van der Waals surface area contributed by atoms with E-state index in [1.165, 1.54) is 0 Å². The maximum atomic E-state index is 11.4. The van der Waals surface area contributed by atoms with E-state index in [4.69, 9.17) is 0 Å². The van der Waals surface area contributed by atoms with E-state index >= 15 is 0 Å². The average molecular weight is 233 g/mol. The Morgan fingerprint density at radius 2 is 2.33 bits per heavy atom. The Morgan fingerprint density at radius 1 is 1.67 bits per heavy atom. The number of likely N-dealkylation sites (tertiary alicyclic amines) is 1. The van der Waals surface area contributed by atoms with Crippen LogP contribution in [0.4, 0.5) is 0 Å². The zero-order valence-electron chi connectivity index (χ0n) is 8.68. The summed E-state index contributed by atoms with van der Waals surface area (Å²) in [6, 6.07) is 0. The third kappa shape index (κ3) is 4.01. The molecule has 0 aliphatic carbocycles. The van der Waals surface area contributed by atoms with Crippen molar-refractivity contribution < 1.29 is 17.4 Å². The smallest absolute Gasteiger partial charge is 0.264 e. The maximum Gasteiger partial charge on any atom is 0.264 e. The van der Waals surface area contributed by atoms with Crippen molar-refractivity contribution in [1.29, 1.82) is 0 Å². The number of hydrogen-bond donors (Lipinski definition) is 0. The van der Waals surface area contributed by atoms with Gasteiger partial charge in [-0.05, 0) is 0 Å². The Hall–Kier alpha value is -0.880. The Balaban J connectivity index is 2.41. The molecule has 0 aromatic carbocycles. The lowest BCUT2D eigenvalue weighted by molar-refractivity contribution is -0.127. The molecule has 1 fully saturated rings. The highest BCUT2D eigenvalue weighted by Gasteiger charge is 2.29. The Labute approximate surface area is 89.8 Å². The quantitative estimate of drug-likeness (QED) is 0.495. The Morgan fingerprint density at radius 3 is 2.87 bits per heavy atom. The molecule has 0 aromatic heterocycles. The molecule has 5 nitrogen and oxygen atoms in total. The lowest BCUT2D eigenvalue weighted by Crippen LogP contribution is -2.25. The molecular formula is C9H15NO4S. The number of carbonyl (C=O) groups excluding carboxylic acids is 1. The van der Waals surface area contributed by atoms with Gasteiger partial charge in [-0.2, -0.15) is 8.42 Å². The van der Waals surface area contributed by atoms with Crippen LogP contribution in [0, 0.1) is 5.92 Å². The molecule has 1 heterocycles. The SMILES string of the molecule is C=CCN1CC(COS(C)(=O)=O)CC1=O. The van der Waals surface area contributed by atoms with Gasteiger partial charge in [-0.3, -0.25) is 8.98 Å². The Kier molecular flexibility index (Phi) is 3.87. The summed E-state index contributed by atoms with van der Waals surface area (Å²) in [5, 5.41) is 0. The van der Waals surface area contributed by atoms with Crippen LogP contribution < -0.4 is 0 Å². The zero-order chi connectivity index (χ0) is 11.5. The summed E-state index contributed by atoms with van der Waals surface area (Å²) >= 11 is 0. The fourth-order valence-electron chi connectivity index (χ4n) is 1.52. The second-order valence-electron chi connectivity index (χ2n) is 3.65. The highest BCUT2D eigenvalue weighted by Crippen LogP contribution is 2.18. The fourth-order valence-corrected chi connectivity index (χ4v) is 1.96. The second kappa shape index (κ2) is 4.76. The molecule has 0 radical (unpaired) electrons. The molecular weight excluding hydrogens is 218 g/mol. The number of rotatable bonds is 5. The van der Waals surface area contributed by atoms with Gasteiger partial charge in [0.05, 0.1) is 12.9 Å². The van der Waals surface area contributed by atoms with Crippen molar-refractivity contribution in [2.24, 2.45) is 5.92 Å². The topological polar surface area (TPSA) is 63.7 Å². The van der Waals surface area contributed by atoms with E-state index in [1.54, 1.807) is 11.0 Å². The first-order valence-corrected chi connectivity index (χ1v) is 6.47. The van der Waals surface area contributed by atoms with Gasteiger partial charge in [-0.15, -0.1) is 6.58 Å². The van der Waals surface area contributed by atoms with E-state index in [9.17, 15) is 13.2 Å². The van der Waals surface area contributed by atoms with Gasteiger partial charge >= 0.3 is 0 Å². The molecule has 0 spiro atoms. The number of hydrogen-bond acceptors (Lipinski definition) is 4. The summed E-state index contributed by atoms with van der Waals surface area (Å²) in [6.45, 7) is 4.68. The molecule has 15 heavy (non-hydrogen) atoms. The van der Waals surface area contributed by atoms with Crippen LogP contribution in [-0.4, -0.2) is 45.2 Å². The minimum Gasteiger partial charge on any atom is -0.339 e. The molecule has 1 rings (SSSR count). The van der Waals surface area contributed by atoms with Crippen LogP contribution in [0.25, 0.3) is 0 Å². The van der Waals surface area contributed by atoms with E-state index in [0.29, 0.717) is 19.5 Å². The van der Waals surface area contributed by atoms with Crippen LogP contribution in [0.3, 0.4) is 0 Å². The van der Waals surface area contributed by atoms with Crippen molar-refractivity contribution in [3.8, 4) is 0 Å². The number of amides is 1. The summed E-state index contributed by atoms with van der Waals surface area (Å²) in [4.78, 5) is 13.0. The first kappa shape index (κ1) is 12.2. The molecule has 1 saturated heterocycles. The molecule has 86 valence electrons. The predicted molar refractivity (Wildman–Crippen MR) is 55.7 cm³/mol. The predicted octanol–water partition coefficient (Wildman–Crippen LogP) is -0.00290. The van der Waals surface area contributed by atoms with E-state index in [0.717, 1.165) is 6.26 Å². The van der Waals surface area contributed by atoms with Crippen LogP contribution in [0.2, 0.25) is 0 Å². The van der Waals surface area contributed by atoms with E-state index in [-0.39, 0.29) is 18.4 Å². The van der Waals surface area contributed by atoms with Crippen LogP contribution in [0.5, 0.6) is 0 Å². The summed E-state index contributed by atoms with van der Waals surface area (Å²) in [6.07, 6.45) is 3.01. The summed E-state index contributed by atoms with van der Waals surface area (Å²) in [5.41, 5.74) is 0. The maximum absolute atomic E-state index is 11.4. The van der Waals surface area contributed by atoms with Gasteiger partial charge in [0.15, 0.2) is 0 Å². The van der Waals surface area contributed by atoms with E-state index in [2.05, 4.69) is 10.8 Å². The normalized spacial score (nSPS) is 22.1. The zero-order valence-corrected chi connectivity index (χ0v) is 9.50. The van der Waals surface area contributed by atoms with Gasteiger partial charge in [0.1, 0.15) is 0 Å². The first-order chi connectivity index (χ1) is 6.92. The molecule has 6 heteroatoms. The molecule has 0 aromatic rings. The van der Waals surface area contributed by atoms with Crippen molar-refractivity contribution in [2.75, 3.05) is 26.0 Å². The number of nitrogens with zero attached hydrogens (tertiary/aromatic N) is 1. The standard InChI is InChI=1S/C9H15NO4S/c1-3-4-10-6-8(5-9(10)11)7-14-15(2,12)13/h3,8H,1,4-7H2,2H3. The van der Waals surface area contributed by atoms with Crippen molar-refractivity contribution in [3.63, 3.8) is 0 Å². The molecule has 1 aliphatic heterocycles. The second-order valence-corrected chi connectivity index (χ2v) is 5.29. The van der Waals surface area contributed by atoms with E-state index in [1.807, 2.05) is 0 Å². The minimum atomic E-state index is -3.41. The van der Waals surface area contributed by atoms with Gasteiger partial charge in [0.2, 0.25) is 5.91 Å². The van der Waals surface area contributed by atoms with Crippen LogP contribution in [0.15, 0.2) is 12.7 Å². The molecule has 1 atom stereocenters. The monoisotopic (exact) mass is 233 g/mol. The Bertz CT molecular complexity index is 349. The third-order valence-corrected chi connectivity index (χ3v) is 2.73. The summed E-state index contributed by atoms with van der Waals surface area (Å²) < 4.78 is 26.1. The van der Waals surface area contributed by atoms with Gasteiger partial charge in [0, 0.05) is 25.4 Å². The minimum absolute atomic E-state index is 0.0250. The lowest BCUT2D eigenvalue weighted by Gasteiger charge is -2.13. The van der Waals surface area contributed by atoms with Gasteiger partial charge < -0.3 is 4.90 Å². The molecule has 0 bridgehead atoms. The first-order valence-electron chi connectivity index (χ1n) is 4.65. The van der Waals surface area contributed by atoms with Crippen LogP contribution >= 0.6 is 0 Å². The molecule has 0 N–H and O–H groups in total. The highest BCUT2D eigenvalue weighted by atomic mass is 32.2. The average Bonchev–Trinajstić information content (AvgIpc) is 2.44. The largest absolute Gasteiger partial charge is 0.339 e. The molecule has 1 unspecified atom stereocenters.